The highest BCUT2D eigenvalue weighted by atomic mass is 16.5. The molecule has 2 aliphatic rings. The minimum Gasteiger partial charge on any atom is -0.381 e. The van der Waals surface area contributed by atoms with Crippen LogP contribution in [0.15, 0.2) is 4.99 Å². The standard InChI is InChI=1S/C20H35N5O/c1-5-17-16(18(6-2)24(4)23-17)14-22-19(21-7-3)25-11-8-20(15-25)9-12-26-13-10-20/h5-15H2,1-4H3,(H,21,22). The average molecular weight is 362 g/mol. The molecule has 1 spiro atoms. The molecule has 3 rings (SSSR count). The number of likely N-dealkylation sites (tertiary alicyclic amines) is 1. The number of nitrogens with zero attached hydrogens (tertiary/aromatic N) is 4. The molecular formula is C20H35N5O. The molecular weight excluding hydrogens is 326 g/mol. The van der Waals surface area contributed by atoms with Crippen LogP contribution in [0.5, 0.6) is 0 Å². The lowest BCUT2D eigenvalue weighted by Crippen LogP contribution is -2.42. The third-order valence-corrected chi connectivity index (χ3v) is 6.04. The summed E-state index contributed by atoms with van der Waals surface area (Å²) >= 11 is 0. The summed E-state index contributed by atoms with van der Waals surface area (Å²) in [5.41, 5.74) is 4.24. The van der Waals surface area contributed by atoms with E-state index in [-0.39, 0.29) is 0 Å². The number of aromatic nitrogens is 2. The summed E-state index contributed by atoms with van der Waals surface area (Å²) < 4.78 is 7.62. The van der Waals surface area contributed by atoms with Gasteiger partial charge in [0.05, 0.1) is 12.2 Å². The first-order valence-electron chi connectivity index (χ1n) is 10.3. The van der Waals surface area contributed by atoms with Crippen molar-refractivity contribution >= 4 is 5.96 Å². The predicted molar refractivity (Wildman–Crippen MR) is 105 cm³/mol. The van der Waals surface area contributed by atoms with Crippen LogP contribution in [-0.4, -0.2) is 53.5 Å². The third kappa shape index (κ3) is 3.90. The summed E-state index contributed by atoms with van der Waals surface area (Å²) in [6.45, 7) is 12.2. The SMILES string of the molecule is CCNC(=NCc1c(CC)nn(C)c1CC)N1CCC2(CCOCC2)C1. The van der Waals surface area contributed by atoms with Crippen LogP contribution in [0.2, 0.25) is 0 Å². The van der Waals surface area contributed by atoms with Gasteiger partial charge in [-0.2, -0.15) is 5.10 Å². The Morgan fingerprint density at radius 3 is 2.62 bits per heavy atom. The Hall–Kier alpha value is -1.56. The van der Waals surface area contributed by atoms with Gasteiger partial charge in [0.25, 0.3) is 0 Å². The Balaban J connectivity index is 1.76. The Labute approximate surface area is 158 Å². The molecule has 1 aromatic rings. The van der Waals surface area contributed by atoms with Crippen LogP contribution in [0.4, 0.5) is 0 Å². The zero-order valence-corrected chi connectivity index (χ0v) is 17.0. The fourth-order valence-electron chi connectivity index (χ4n) is 4.48. The van der Waals surface area contributed by atoms with Crippen molar-refractivity contribution in [2.75, 3.05) is 32.8 Å². The molecule has 146 valence electrons. The lowest BCUT2D eigenvalue weighted by Gasteiger charge is -2.33. The van der Waals surface area contributed by atoms with Gasteiger partial charge < -0.3 is 15.0 Å². The first kappa shape index (κ1) is 19.2. The minimum atomic E-state index is 0.436. The predicted octanol–water partition coefficient (Wildman–Crippen LogP) is 2.51. The highest BCUT2D eigenvalue weighted by Gasteiger charge is 2.40. The second-order valence-corrected chi connectivity index (χ2v) is 7.66. The molecule has 26 heavy (non-hydrogen) atoms. The van der Waals surface area contributed by atoms with Crippen molar-refractivity contribution < 1.29 is 4.74 Å². The maximum atomic E-state index is 5.58. The number of hydrogen-bond acceptors (Lipinski definition) is 3. The van der Waals surface area contributed by atoms with Gasteiger partial charge in [0.1, 0.15) is 0 Å². The van der Waals surface area contributed by atoms with Crippen molar-refractivity contribution in [3.05, 3.63) is 17.0 Å². The molecule has 0 aliphatic carbocycles. The van der Waals surface area contributed by atoms with Crippen LogP contribution < -0.4 is 5.32 Å². The normalized spacial score (nSPS) is 20.2. The quantitative estimate of drug-likeness (QED) is 0.647. The molecule has 0 amide bonds. The van der Waals surface area contributed by atoms with E-state index in [1.165, 1.54) is 36.2 Å². The zero-order valence-electron chi connectivity index (χ0n) is 17.0. The summed E-state index contributed by atoms with van der Waals surface area (Å²) in [4.78, 5) is 7.48. The molecule has 0 bridgehead atoms. The van der Waals surface area contributed by atoms with Crippen LogP contribution in [0, 0.1) is 5.41 Å². The molecule has 6 nitrogen and oxygen atoms in total. The van der Waals surface area contributed by atoms with Crippen molar-refractivity contribution in [2.45, 2.75) is 59.4 Å². The fraction of sp³-hybridized carbons (Fsp3) is 0.800. The molecule has 0 saturated carbocycles. The van der Waals surface area contributed by atoms with E-state index in [9.17, 15) is 0 Å². The Bertz CT molecular complexity index is 630. The average Bonchev–Trinajstić information content (AvgIpc) is 3.19. The van der Waals surface area contributed by atoms with E-state index in [0.29, 0.717) is 5.41 Å². The van der Waals surface area contributed by atoms with E-state index in [2.05, 4.69) is 36.1 Å². The Kier molecular flexibility index (Phi) is 6.22. The van der Waals surface area contributed by atoms with Crippen molar-refractivity contribution in [1.82, 2.24) is 20.0 Å². The number of rotatable bonds is 5. The van der Waals surface area contributed by atoms with E-state index < -0.39 is 0 Å². The monoisotopic (exact) mass is 361 g/mol. The largest absolute Gasteiger partial charge is 0.381 e. The summed E-state index contributed by atoms with van der Waals surface area (Å²) in [5, 5.41) is 8.21. The number of nitrogens with one attached hydrogen (secondary N) is 1. The van der Waals surface area contributed by atoms with Crippen molar-refractivity contribution in [1.29, 1.82) is 0 Å². The van der Waals surface area contributed by atoms with Gasteiger partial charge in [0, 0.05) is 51.2 Å². The zero-order chi connectivity index (χ0) is 18.6. The molecule has 2 aliphatic heterocycles. The number of hydrogen-bond donors (Lipinski definition) is 1. The van der Waals surface area contributed by atoms with Crippen LogP contribution in [-0.2, 0) is 31.2 Å². The molecule has 0 aromatic carbocycles. The number of guanidine groups is 1. The van der Waals surface area contributed by atoms with Gasteiger partial charge in [0.2, 0.25) is 0 Å². The maximum Gasteiger partial charge on any atom is 0.194 e. The highest BCUT2D eigenvalue weighted by molar-refractivity contribution is 5.80. The maximum absolute atomic E-state index is 5.58. The second kappa shape index (κ2) is 8.42. The minimum absolute atomic E-state index is 0.436. The van der Waals surface area contributed by atoms with Crippen LogP contribution >= 0.6 is 0 Å². The smallest absolute Gasteiger partial charge is 0.194 e. The fourth-order valence-corrected chi connectivity index (χ4v) is 4.48. The van der Waals surface area contributed by atoms with Gasteiger partial charge in [-0.3, -0.25) is 4.68 Å². The third-order valence-electron chi connectivity index (χ3n) is 6.04. The van der Waals surface area contributed by atoms with Gasteiger partial charge in [-0.25, -0.2) is 4.99 Å². The first-order chi connectivity index (χ1) is 12.6. The number of ether oxygens (including phenoxy) is 1. The van der Waals surface area contributed by atoms with Gasteiger partial charge in [-0.1, -0.05) is 13.8 Å². The molecule has 2 fully saturated rings. The Morgan fingerprint density at radius 2 is 1.96 bits per heavy atom. The number of aliphatic imine (C=N–C) groups is 1. The molecule has 0 atom stereocenters. The molecule has 1 aromatic heterocycles. The summed E-state index contributed by atoms with van der Waals surface area (Å²) in [5.74, 6) is 1.06. The number of aryl methyl sites for hydroxylation is 2. The molecule has 3 heterocycles. The van der Waals surface area contributed by atoms with E-state index in [1.54, 1.807) is 0 Å². The topological polar surface area (TPSA) is 54.7 Å². The Morgan fingerprint density at radius 1 is 1.19 bits per heavy atom. The van der Waals surface area contributed by atoms with E-state index in [4.69, 9.17) is 9.73 Å². The van der Waals surface area contributed by atoms with E-state index in [0.717, 1.165) is 58.2 Å². The highest BCUT2D eigenvalue weighted by Crippen LogP contribution is 2.39. The van der Waals surface area contributed by atoms with Gasteiger partial charge in [0.15, 0.2) is 5.96 Å². The van der Waals surface area contributed by atoms with Crippen molar-refractivity contribution in [3.63, 3.8) is 0 Å². The van der Waals surface area contributed by atoms with Crippen LogP contribution in [0.25, 0.3) is 0 Å². The van der Waals surface area contributed by atoms with Crippen LogP contribution in [0.1, 0.15) is 57.0 Å². The first-order valence-corrected chi connectivity index (χ1v) is 10.3. The van der Waals surface area contributed by atoms with Crippen LogP contribution in [0.3, 0.4) is 0 Å². The molecule has 2 saturated heterocycles. The lowest BCUT2D eigenvalue weighted by molar-refractivity contribution is 0.0217. The van der Waals surface area contributed by atoms with Crippen molar-refractivity contribution in [3.8, 4) is 0 Å². The summed E-state index contributed by atoms with van der Waals surface area (Å²) in [6, 6.07) is 0. The molecule has 6 heteroatoms. The van der Waals surface area contributed by atoms with Crippen molar-refractivity contribution in [2.24, 2.45) is 17.5 Å². The summed E-state index contributed by atoms with van der Waals surface area (Å²) in [6.07, 6.45) is 5.59. The lowest BCUT2D eigenvalue weighted by atomic mass is 9.80. The molecule has 1 N–H and O–H groups in total. The van der Waals surface area contributed by atoms with Gasteiger partial charge in [-0.15, -0.1) is 0 Å². The second-order valence-electron chi connectivity index (χ2n) is 7.66. The van der Waals surface area contributed by atoms with E-state index in [1.807, 2.05) is 11.7 Å². The molecule has 0 unspecified atom stereocenters. The summed E-state index contributed by atoms with van der Waals surface area (Å²) in [7, 11) is 2.05. The molecule has 0 radical (unpaired) electrons. The van der Waals surface area contributed by atoms with E-state index >= 15 is 0 Å². The van der Waals surface area contributed by atoms with Gasteiger partial charge >= 0.3 is 0 Å². The van der Waals surface area contributed by atoms with Gasteiger partial charge in [-0.05, 0) is 44.4 Å².